The molecule has 0 saturated heterocycles. The first-order valence-corrected chi connectivity index (χ1v) is 6.71. The number of nitrogens with one attached hydrogen (secondary N) is 1. The van der Waals surface area contributed by atoms with Crippen molar-refractivity contribution in [2.24, 2.45) is 5.41 Å². The Bertz CT molecular complexity index is 255. The van der Waals surface area contributed by atoms with Crippen molar-refractivity contribution >= 4 is 0 Å². The van der Waals surface area contributed by atoms with Crippen molar-refractivity contribution < 1.29 is 8.78 Å². The van der Waals surface area contributed by atoms with Gasteiger partial charge in [0.25, 0.3) is 0 Å². The zero-order valence-corrected chi connectivity index (χ0v) is 9.77. The molecule has 0 bridgehead atoms. The second-order valence-corrected chi connectivity index (χ2v) is 6.32. The van der Waals surface area contributed by atoms with Gasteiger partial charge in [0.1, 0.15) is 0 Å². The molecule has 1 N–H and O–H groups in total. The highest BCUT2D eigenvalue weighted by molar-refractivity contribution is 5.09. The van der Waals surface area contributed by atoms with Gasteiger partial charge in [0.2, 0.25) is 5.92 Å². The third-order valence-corrected chi connectivity index (χ3v) is 4.70. The smallest absolute Gasteiger partial charge is 0.249 e. The van der Waals surface area contributed by atoms with Crippen LogP contribution in [-0.2, 0) is 0 Å². The van der Waals surface area contributed by atoms with Gasteiger partial charge in [-0.1, -0.05) is 19.3 Å². The number of hydrogen-bond donors (Lipinski definition) is 1. The van der Waals surface area contributed by atoms with Crippen molar-refractivity contribution in [3.63, 3.8) is 0 Å². The Morgan fingerprint density at radius 1 is 0.875 bits per heavy atom. The van der Waals surface area contributed by atoms with Gasteiger partial charge < -0.3 is 5.32 Å². The van der Waals surface area contributed by atoms with Crippen molar-refractivity contribution in [1.29, 1.82) is 0 Å². The molecule has 0 aliphatic heterocycles. The van der Waals surface area contributed by atoms with E-state index in [0.717, 1.165) is 12.8 Å². The molecule has 3 heteroatoms. The Labute approximate surface area is 96.0 Å². The van der Waals surface area contributed by atoms with E-state index in [-0.39, 0.29) is 18.3 Å². The largest absolute Gasteiger partial charge is 0.311 e. The summed E-state index contributed by atoms with van der Waals surface area (Å²) in [4.78, 5) is 0. The fourth-order valence-corrected chi connectivity index (χ4v) is 4.04. The fraction of sp³-hybridized carbons (Fsp3) is 1.00. The Balaban J connectivity index is 1.41. The number of halogens is 2. The molecule has 0 radical (unpaired) electrons. The summed E-state index contributed by atoms with van der Waals surface area (Å²) >= 11 is 0. The predicted octanol–water partition coefficient (Wildman–Crippen LogP) is 3.49. The second-order valence-electron chi connectivity index (χ2n) is 6.32. The van der Waals surface area contributed by atoms with Gasteiger partial charge in [-0.05, 0) is 31.1 Å². The van der Waals surface area contributed by atoms with Crippen LogP contribution in [0.4, 0.5) is 8.78 Å². The van der Waals surface area contributed by atoms with Crippen LogP contribution in [-0.4, -0.2) is 18.0 Å². The van der Waals surface area contributed by atoms with E-state index >= 15 is 0 Å². The van der Waals surface area contributed by atoms with Crippen LogP contribution in [0.25, 0.3) is 0 Å². The lowest BCUT2D eigenvalue weighted by atomic mass is 9.52. The maximum Gasteiger partial charge on any atom is 0.249 e. The second kappa shape index (κ2) is 3.66. The summed E-state index contributed by atoms with van der Waals surface area (Å²) in [7, 11) is 0. The zero-order valence-electron chi connectivity index (χ0n) is 9.77. The van der Waals surface area contributed by atoms with Gasteiger partial charge in [0, 0.05) is 24.9 Å². The average Bonchev–Trinajstić information content (AvgIpc) is 2.14. The molecule has 0 aromatic heterocycles. The highest BCUT2D eigenvalue weighted by Gasteiger charge is 2.61. The summed E-state index contributed by atoms with van der Waals surface area (Å²) in [5, 5.41) is 3.66. The molecule has 3 fully saturated rings. The number of hydrogen-bond acceptors (Lipinski definition) is 1. The SMILES string of the molecule is FC1(F)CC2(CC(NC3CCCCC3)C2)C1. The van der Waals surface area contributed by atoms with Gasteiger partial charge in [0.15, 0.2) is 0 Å². The third-order valence-electron chi connectivity index (χ3n) is 4.70. The van der Waals surface area contributed by atoms with E-state index in [0.29, 0.717) is 12.1 Å². The van der Waals surface area contributed by atoms with E-state index in [1.165, 1.54) is 32.1 Å². The third kappa shape index (κ3) is 1.99. The van der Waals surface area contributed by atoms with Crippen LogP contribution in [0.3, 0.4) is 0 Å². The summed E-state index contributed by atoms with van der Waals surface area (Å²) < 4.78 is 25.6. The maximum atomic E-state index is 12.8. The Hall–Kier alpha value is -0.180. The normalized spacial score (nSPS) is 33.4. The number of alkyl halides is 2. The molecular formula is C13H21F2N. The van der Waals surface area contributed by atoms with Crippen LogP contribution < -0.4 is 5.32 Å². The molecule has 0 aromatic rings. The van der Waals surface area contributed by atoms with Crippen molar-refractivity contribution in [3.05, 3.63) is 0 Å². The molecule has 0 heterocycles. The van der Waals surface area contributed by atoms with Crippen molar-refractivity contribution in [2.75, 3.05) is 0 Å². The van der Waals surface area contributed by atoms with Gasteiger partial charge >= 0.3 is 0 Å². The average molecular weight is 229 g/mol. The quantitative estimate of drug-likeness (QED) is 0.764. The minimum atomic E-state index is -2.34. The van der Waals surface area contributed by atoms with E-state index in [4.69, 9.17) is 0 Å². The first-order chi connectivity index (χ1) is 7.57. The standard InChI is InChI=1S/C13H21F2N/c14-13(15)8-12(9-13)6-11(7-12)16-10-4-2-1-3-5-10/h10-11,16H,1-9H2. The molecule has 3 saturated carbocycles. The summed E-state index contributed by atoms with van der Waals surface area (Å²) in [6.07, 6.45) is 8.95. The van der Waals surface area contributed by atoms with Crippen LogP contribution in [0.2, 0.25) is 0 Å². The highest BCUT2D eigenvalue weighted by Crippen LogP contribution is 2.62. The van der Waals surface area contributed by atoms with E-state index in [1.54, 1.807) is 0 Å². The molecule has 3 rings (SSSR count). The molecule has 92 valence electrons. The van der Waals surface area contributed by atoms with E-state index in [2.05, 4.69) is 5.32 Å². The van der Waals surface area contributed by atoms with Gasteiger partial charge in [-0.25, -0.2) is 8.78 Å². The Kier molecular flexibility index (Phi) is 2.50. The minimum Gasteiger partial charge on any atom is -0.311 e. The monoisotopic (exact) mass is 229 g/mol. The fourth-order valence-electron chi connectivity index (χ4n) is 4.04. The van der Waals surface area contributed by atoms with Crippen molar-refractivity contribution in [3.8, 4) is 0 Å². The summed E-state index contributed by atoms with van der Waals surface area (Å²) in [5.41, 5.74) is 0.0375. The summed E-state index contributed by atoms with van der Waals surface area (Å²) in [6, 6.07) is 1.22. The van der Waals surface area contributed by atoms with E-state index in [9.17, 15) is 8.78 Å². The molecule has 0 aromatic carbocycles. The van der Waals surface area contributed by atoms with Gasteiger partial charge in [0.05, 0.1) is 0 Å². The zero-order chi connectivity index (χ0) is 11.2. The van der Waals surface area contributed by atoms with Crippen LogP contribution >= 0.6 is 0 Å². The summed E-state index contributed by atoms with van der Waals surface area (Å²) in [6.45, 7) is 0. The van der Waals surface area contributed by atoms with Gasteiger partial charge in [-0.2, -0.15) is 0 Å². The summed E-state index contributed by atoms with van der Waals surface area (Å²) in [5.74, 6) is -2.34. The first kappa shape index (κ1) is 10.9. The van der Waals surface area contributed by atoms with Gasteiger partial charge in [-0.3, -0.25) is 0 Å². The van der Waals surface area contributed by atoms with Gasteiger partial charge in [-0.15, -0.1) is 0 Å². The molecule has 1 spiro atoms. The van der Waals surface area contributed by atoms with Crippen LogP contribution in [0.5, 0.6) is 0 Å². The van der Waals surface area contributed by atoms with E-state index in [1.807, 2.05) is 0 Å². The lowest BCUT2D eigenvalue weighted by Crippen LogP contribution is -2.60. The topological polar surface area (TPSA) is 12.0 Å². The molecule has 3 aliphatic carbocycles. The molecule has 0 atom stereocenters. The predicted molar refractivity (Wildman–Crippen MR) is 59.6 cm³/mol. The van der Waals surface area contributed by atoms with Crippen molar-refractivity contribution in [1.82, 2.24) is 5.32 Å². The minimum absolute atomic E-state index is 0.0375. The highest BCUT2D eigenvalue weighted by atomic mass is 19.3. The molecule has 1 nitrogen and oxygen atoms in total. The van der Waals surface area contributed by atoms with Crippen LogP contribution in [0, 0.1) is 5.41 Å². The lowest BCUT2D eigenvalue weighted by Gasteiger charge is -2.58. The molecule has 0 amide bonds. The van der Waals surface area contributed by atoms with E-state index < -0.39 is 5.92 Å². The molecule has 3 aliphatic rings. The first-order valence-electron chi connectivity index (χ1n) is 6.71. The molecule has 16 heavy (non-hydrogen) atoms. The molecule has 0 unspecified atom stereocenters. The number of rotatable bonds is 2. The van der Waals surface area contributed by atoms with Crippen molar-refractivity contribution in [2.45, 2.75) is 75.8 Å². The Morgan fingerprint density at radius 2 is 1.50 bits per heavy atom. The van der Waals surface area contributed by atoms with Crippen LogP contribution in [0.1, 0.15) is 57.8 Å². The maximum absolute atomic E-state index is 12.8. The lowest BCUT2D eigenvalue weighted by molar-refractivity contribution is -0.199. The van der Waals surface area contributed by atoms with Crippen LogP contribution in [0.15, 0.2) is 0 Å². The Morgan fingerprint density at radius 3 is 2.06 bits per heavy atom. The molecular weight excluding hydrogens is 208 g/mol.